The Bertz CT molecular complexity index is 935. The lowest BCUT2D eigenvalue weighted by Gasteiger charge is -2.21. The van der Waals surface area contributed by atoms with Gasteiger partial charge < -0.3 is 9.47 Å². The van der Waals surface area contributed by atoms with Gasteiger partial charge in [0.05, 0.1) is 17.7 Å². The summed E-state index contributed by atoms with van der Waals surface area (Å²) in [6.07, 6.45) is 0. The molecule has 0 bridgehead atoms. The van der Waals surface area contributed by atoms with Crippen LogP contribution in [0.4, 0.5) is 0 Å². The minimum atomic E-state index is -3.89. The molecule has 0 heterocycles. The van der Waals surface area contributed by atoms with Crippen LogP contribution < -0.4 is 9.46 Å². The van der Waals surface area contributed by atoms with Crippen LogP contribution in [-0.4, -0.2) is 27.0 Å². The summed E-state index contributed by atoms with van der Waals surface area (Å²) in [5, 5.41) is 0.0242. The minimum Gasteiger partial charge on any atom is -0.497 e. The highest BCUT2D eigenvalue weighted by Gasteiger charge is 2.25. The topological polar surface area (TPSA) is 81.7 Å². The zero-order chi connectivity index (χ0) is 20.2. The summed E-state index contributed by atoms with van der Waals surface area (Å²) in [7, 11) is -2.34. The summed E-state index contributed by atoms with van der Waals surface area (Å²) in [6, 6.07) is 11.1. The van der Waals surface area contributed by atoms with E-state index < -0.39 is 21.5 Å². The lowest BCUT2D eigenvalue weighted by molar-refractivity contribution is 0.0472. The Morgan fingerprint density at radius 1 is 1.15 bits per heavy atom. The van der Waals surface area contributed by atoms with Gasteiger partial charge in [-0.05, 0) is 56.7 Å². The van der Waals surface area contributed by atoms with Gasteiger partial charge in [-0.2, -0.15) is 0 Å². The molecule has 0 radical (unpaired) electrons. The van der Waals surface area contributed by atoms with Crippen molar-refractivity contribution in [1.29, 1.82) is 0 Å². The first-order chi connectivity index (χ1) is 12.5. The SMILES string of the molecule is COc1cccc(COC(=O)c2ccc(Cl)c(S(=O)(=O)NC(C)(C)C)c2)c1. The van der Waals surface area contributed by atoms with Crippen molar-refractivity contribution < 1.29 is 22.7 Å². The number of hydrogen-bond acceptors (Lipinski definition) is 5. The Morgan fingerprint density at radius 3 is 2.48 bits per heavy atom. The van der Waals surface area contributed by atoms with Gasteiger partial charge >= 0.3 is 5.97 Å². The first-order valence-electron chi connectivity index (χ1n) is 8.15. The lowest BCUT2D eigenvalue weighted by atomic mass is 10.1. The number of ether oxygens (including phenoxy) is 2. The fourth-order valence-corrected chi connectivity index (χ4v) is 4.23. The summed E-state index contributed by atoms with van der Waals surface area (Å²) in [5.74, 6) is -0.00151. The first-order valence-corrected chi connectivity index (χ1v) is 10.0. The number of carbonyl (C=O) groups is 1. The molecule has 2 aromatic rings. The Hall–Kier alpha value is -2.09. The smallest absolute Gasteiger partial charge is 0.338 e. The third-order valence-corrected chi connectivity index (χ3v) is 5.64. The zero-order valence-electron chi connectivity index (χ0n) is 15.6. The van der Waals surface area contributed by atoms with Gasteiger partial charge in [0, 0.05) is 5.54 Å². The van der Waals surface area contributed by atoms with Gasteiger partial charge in [0.1, 0.15) is 17.3 Å². The molecular formula is C19H22ClNO5S. The van der Waals surface area contributed by atoms with Crippen molar-refractivity contribution in [2.75, 3.05) is 7.11 Å². The standard InChI is InChI=1S/C19H22ClNO5S/c1-19(2,3)21-27(23,24)17-11-14(8-9-16(17)20)18(22)26-12-13-6-5-7-15(10-13)25-4/h5-11,21H,12H2,1-4H3. The van der Waals surface area contributed by atoms with Crippen LogP contribution in [0.5, 0.6) is 5.75 Å². The van der Waals surface area contributed by atoms with E-state index in [2.05, 4.69) is 4.72 Å². The molecule has 0 unspecified atom stereocenters. The van der Waals surface area contributed by atoms with Crippen LogP contribution in [-0.2, 0) is 21.4 Å². The highest BCUT2D eigenvalue weighted by molar-refractivity contribution is 7.89. The maximum atomic E-state index is 12.5. The van der Waals surface area contributed by atoms with Gasteiger partial charge in [0.25, 0.3) is 0 Å². The van der Waals surface area contributed by atoms with E-state index in [0.29, 0.717) is 5.75 Å². The highest BCUT2D eigenvalue weighted by Crippen LogP contribution is 2.24. The van der Waals surface area contributed by atoms with Crippen LogP contribution in [0.25, 0.3) is 0 Å². The van der Waals surface area contributed by atoms with Gasteiger partial charge in [-0.1, -0.05) is 23.7 Å². The molecule has 0 aliphatic carbocycles. The predicted molar refractivity (Wildman–Crippen MR) is 104 cm³/mol. The molecule has 27 heavy (non-hydrogen) atoms. The number of hydrogen-bond donors (Lipinski definition) is 1. The van der Waals surface area contributed by atoms with E-state index in [1.165, 1.54) is 18.2 Å². The molecule has 0 fully saturated rings. The number of rotatable bonds is 6. The van der Waals surface area contributed by atoms with Crippen LogP contribution >= 0.6 is 11.6 Å². The summed E-state index contributed by atoms with van der Waals surface area (Å²) in [5.41, 5.74) is 0.154. The second kappa shape index (κ2) is 8.29. The fourth-order valence-electron chi connectivity index (χ4n) is 2.29. The highest BCUT2D eigenvalue weighted by atomic mass is 35.5. The van der Waals surface area contributed by atoms with Crippen LogP contribution in [0, 0.1) is 0 Å². The molecule has 0 saturated carbocycles. The van der Waals surface area contributed by atoms with Crippen LogP contribution in [0.3, 0.4) is 0 Å². The number of nitrogens with one attached hydrogen (secondary N) is 1. The van der Waals surface area contributed by atoms with E-state index in [0.717, 1.165) is 5.56 Å². The van der Waals surface area contributed by atoms with E-state index in [1.54, 1.807) is 52.1 Å². The molecule has 0 aliphatic rings. The predicted octanol–water partition coefficient (Wildman–Crippen LogP) is 3.78. The molecular weight excluding hydrogens is 390 g/mol. The molecule has 2 aromatic carbocycles. The van der Waals surface area contributed by atoms with Crippen molar-refractivity contribution in [1.82, 2.24) is 4.72 Å². The van der Waals surface area contributed by atoms with Crippen molar-refractivity contribution in [3.05, 3.63) is 58.6 Å². The molecule has 0 amide bonds. The second-order valence-electron chi connectivity index (χ2n) is 6.93. The Kier molecular flexibility index (Phi) is 6.51. The van der Waals surface area contributed by atoms with Crippen molar-refractivity contribution in [3.8, 4) is 5.75 Å². The maximum absolute atomic E-state index is 12.5. The van der Waals surface area contributed by atoms with Gasteiger partial charge in [-0.25, -0.2) is 17.9 Å². The average molecular weight is 412 g/mol. The third kappa shape index (κ3) is 5.95. The largest absolute Gasteiger partial charge is 0.497 e. The van der Waals surface area contributed by atoms with Gasteiger partial charge in [0.15, 0.2) is 0 Å². The second-order valence-corrected chi connectivity index (χ2v) is 8.99. The Labute approximate surface area is 164 Å². The minimum absolute atomic E-state index is 0.0242. The van der Waals surface area contributed by atoms with Crippen molar-refractivity contribution >= 4 is 27.6 Å². The summed E-state index contributed by atoms with van der Waals surface area (Å²) in [4.78, 5) is 12.2. The molecule has 0 saturated heterocycles. The van der Waals surface area contributed by atoms with Crippen molar-refractivity contribution in [2.24, 2.45) is 0 Å². The average Bonchev–Trinajstić information content (AvgIpc) is 2.58. The third-order valence-electron chi connectivity index (χ3n) is 3.40. The number of esters is 1. The summed E-state index contributed by atoms with van der Waals surface area (Å²) >= 11 is 6.04. The van der Waals surface area contributed by atoms with Gasteiger partial charge in [-0.15, -0.1) is 0 Å². The quantitative estimate of drug-likeness (QED) is 0.731. The van der Waals surface area contributed by atoms with Crippen molar-refractivity contribution in [2.45, 2.75) is 37.8 Å². The molecule has 2 rings (SSSR count). The van der Waals surface area contributed by atoms with Crippen LogP contribution in [0.15, 0.2) is 47.4 Å². The van der Waals surface area contributed by atoms with E-state index in [1.807, 2.05) is 0 Å². The maximum Gasteiger partial charge on any atom is 0.338 e. The van der Waals surface area contributed by atoms with Crippen molar-refractivity contribution in [3.63, 3.8) is 0 Å². The van der Waals surface area contributed by atoms with Crippen LogP contribution in [0.2, 0.25) is 5.02 Å². The molecule has 1 N–H and O–H groups in total. The van der Waals surface area contributed by atoms with E-state index >= 15 is 0 Å². The number of carbonyl (C=O) groups excluding carboxylic acids is 1. The van der Waals surface area contributed by atoms with Gasteiger partial charge in [-0.3, -0.25) is 0 Å². The number of benzene rings is 2. The van der Waals surface area contributed by atoms with Crippen LogP contribution in [0.1, 0.15) is 36.7 Å². The molecule has 8 heteroatoms. The molecule has 146 valence electrons. The number of sulfonamides is 1. The first kappa shape index (κ1) is 21.2. The normalized spacial score (nSPS) is 11.9. The zero-order valence-corrected chi connectivity index (χ0v) is 17.1. The van der Waals surface area contributed by atoms with E-state index in [-0.39, 0.29) is 22.1 Å². The molecule has 0 aromatic heterocycles. The Balaban J connectivity index is 2.20. The fraction of sp³-hybridized carbons (Fsp3) is 0.316. The summed E-state index contributed by atoms with van der Waals surface area (Å²) in [6.45, 7) is 5.17. The number of halogens is 1. The molecule has 0 spiro atoms. The van der Waals surface area contributed by atoms with E-state index in [4.69, 9.17) is 21.1 Å². The molecule has 0 atom stereocenters. The van der Waals surface area contributed by atoms with Gasteiger partial charge in [0.2, 0.25) is 10.0 Å². The number of methoxy groups -OCH3 is 1. The monoisotopic (exact) mass is 411 g/mol. The Morgan fingerprint density at radius 2 is 1.85 bits per heavy atom. The molecule has 0 aliphatic heterocycles. The summed E-state index contributed by atoms with van der Waals surface area (Å²) < 4.78 is 38.0. The van der Waals surface area contributed by atoms with E-state index in [9.17, 15) is 13.2 Å². The molecule has 6 nitrogen and oxygen atoms in total. The lowest BCUT2D eigenvalue weighted by Crippen LogP contribution is -2.40.